The number of hydrogen-bond donors (Lipinski definition) is 2. The molecule has 2 N–H and O–H groups in total. The van der Waals surface area contributed by atoms with E-state index in [0.717, 1.165) is 5.56 Å². The van der Waals surface area contributed by atoms with Crippen LogP contribution in [-0.2, 0) is 11.2 Å². The second-order valence-electron chi connectivity index (χ2n) is 5.00. The molecule has 1 unspecified atom stereocenters. The van der Waals surface area contributed by atoms with Gasteiger partial charge in [0.25, 0.3) is 0 Å². The smallest absolute Gasteiger partial charge is 0.224 e. The summed E-state index contributed by atoms with van der Waals surface area (Å²) in [5.41, 5.74) is 1.26. The van der Waals surface area contributed by atoms with Crippen LogP contribution in [0.4, 0.5) is 4.39 Å². The van der Waals surface area contributed by atoms with Crippen molar-refractivity contribution >= 4 is 17.5 Å². The summed E-state index contributed by atoms with van der Waals surface area (Å²) >= 11 is 5.63. The first kappa shape index (κ1) is 17.2. The van der Waals surface area contributed by atoms with Gasteiger partial charge in [-0.3, -0.25) is 4.79 Å². The van der Waals surface area contributed by atoms with Gasteiger partial charge in [-0.2, -0.15) is 0 Å². The fourth-order valence-electron chi connectivity index (χ4n) is 2.14. The maximum absolute atomic E-state index is 13.5. The molecule has 4 nitrogen and oxygen atoms in total. The summed E-state index contributed by atoms with van der Waals surface area (Å²) in [7, 11) is 1.57. The lowest BCUT2D eigenvalue weighted by molar-refractivity contribution is -0.121. The Morgan fingerprint density at radius 1 is 1.30 bits per heavy atom. The monoisotopic (exact) mass is 337 g/mol. The molecule has 0 spiro atoms. The average Bonchev–Trinajstić information content (AvgIpc) is 2.56. The van der Waals surface area contributed by atoms with Crippen LogP contribution in [0.1, 0.15) is 17.2 Å². The first-order valence-electron chi connectivity index (χ1n) is 7.01. The summed E-state index contributed by atoms with van der Waals surface area (Å²) in [6.07, 6.45) is 0.149. The van der Waals surface area contributed by atoms with Gasteiger partial charge in [-0.1, -0.05) is 29.8 Å². The zero-order valence-electron chi connectivity index (χ0n) is 12.6. The number of nitrogens with one attached hydrogen (secondary N) is 1. The van der Waals surface area contributed by atoms with Crippen LogP contribution in [0.3, 0.4) is 0 Å². The van der Waals surface area contributed by atoms with Crippen molar-refractivity contribution in [2.24, 2.45) is 0 Å². The van der Waals surface area contributed by atoms with Gasteiger partial charge in [-0.15, -0.1) is 0 Å². The van der Waals surface area contributed by atoms with E-state index in [1.54, 1.807) is 37.4 Å². The van der Waals surface area contributed by atoms with E-state index in [1.165, 1.54) is 12.1 Å². The summed E-state index contributed by atoms with van der Waals surface area (Å²) < 4.78 is 18.5. The van der Waals surface area contributed by atoms with Crippen LogP contribution in [-0.4, -0.2) is 24.7 Å². The molecule has 0 fully saturated rings. The minimum absolute atomic E-state index is 0.00463. The third-order valence-electron chi connectivity index (χ3n) is 3.39. The third kappa shape index (κ3) is 4.68. The van der Waals surface area contributed by atoms with Gasteiger partial charge in [0.15, 0.2) is 0 Å². The van der Waals surface area contributed by atoms with Crippen molar-refractivity contribution in [3.05, 3.63) is 64.4 Å². The molecule has 0 aliphatic rings. The minimum Gasteiger partial charge on any atom is -0.497 e. The van der Waals surface area contributed by atoms with E-state index in [4.69, 9.17) is 16.3 Å². The van der Waals surface area contributed by atoms with E-state index in [2.05, 4.69) is 5.32 Å². The molecule has 122 valence electrons. The standard InChI is InChI=1S/C17H17ClFNO3/c1-23-13-5-2-11(3-6-13)8-17(22)20-16(10-21)12-4-7-14(18)15(19)9-12/h2-7,9,16,21H,8,10H2,1H3,(H,20,22). The first-order valence-corrected chi connectivity index (χ1v) is 7.39. The quantitative estimate of drug-likeness (QED) is 0.852. The van der Waals surface area contributed by atoms with Crippen molar-refractivity contribution < 1.29 is 19.0 Å². The number of halogens is 2. The van der Waals surface area contributed by atoms with Gasteiger partial charge in [0.2, 0.25) is 5.91 Å². The lowest BCUT2D eigenvalue weighted by atomic mass is 10.1. The summed E-state index contributed by atoms with van der Waals surface area (Å²) in [4.78, 5) is 12.1. The second-order valence-corrected chi connectivity index (χ2v) is 5.41. The zero-order valence-corrected chi connectivity index (χ0v) is 13.3. The molecule has 2 aromatic rings. The highest BCUT2D eigenvalue weighted by Crippen LogP contribution is 2.20. The normalized spacial score (nSPS) is 11.8. The number of methoxy groups -OCH3 is 1. The van der Waals surface area contributed by atoms with Crippen LogP contribution in [0.25, 0.3) is 0 Å². The van der Waals surface area contributed by atoms with Gasteiger partial charge in [-0.25, -0.2) is 4.39 Å². The average molecular weight is 338 g/mol. The molecule has 23 heavy (non-hydrogen) atoms. The van der Waals surface area contributed by atoms with Crippen molar-refractivity contribution in [3.8, 4) is 5.75 Å². The fourth-order valence-corrected chi connectivity index (χ4v) is 2.26. The van der Waals surface area contributed by atoms with E-state index < -0.39 is 11.9 Å². The fraction of sp³-hybridized carbons (Fsp3) is 0.235. The summed E-state index contributed by atoms with van der Waals surface area (Å²) in [6.45, 7) is -0.338. The Labute approximate surface area is 138 Å². The van der Waals surface area contributed by atoms with Crippen molar-refractivity contribution in [1.82, 2.24) is 5.32 Å². The Bertz CT molecular complexity index is 676. The molecule has 2 rings (SSSR count). The van der Waals surface area contributed by atoms with Gasteiger partial charge in [-0.05, 0) is 35.4 Å². The minimum atomic E-state index is -0.687. The number of benzene rings is 2. The molecule has 0 aromatic heterocycles. The molecule has 0 saturated heterocycles. The highest BCUT2D eigenvalue weighted by atomic mass is 35.5. The summed E-state index contributed by atoms with van der Waals surface area (Å²) in [5, 5.41) is 12.1. The van der Waals surface area contributed by atoms with E-state index in [-0.39, 0.29) is 24.0 Å². The highest BCUT2D eigenvalue weighted by Gasteiger charge is 2.15. The van der Waals surface area contributed by atoms with E-state index in [1.807, 2.05) is 0 Å². The molecule has 0 radical (unpaired) electrons. The molecular formula is C17H17ClFNO3. The second kappa shape index (κ2) is 7.94. The number of rotatable bonds is 6. The Hall–Kier alpha value is -2.11. The van der Waals surface area contributed by atoms with Gasteiger partial charge >= 0.3 is 0 Å². The maximum atomic E-state index is 13.5. The third-order valence-corrected chi connectivity index (χ3v) is 3.69. The van der Waals surface area contributed by atoms with E-state index in [0.29, 0.717) is 11.3 Å². The van der Waals surface area contributed by atoms with Gasteiger partial charge in [0, 0.05) is 0 Å². The van der Waals surface area contributed by atoms with Crippen LogP contribution < -0.4 is 10.1 Å². The van der Waals surface area contributed by atoms with E-state index in [9.17, 15) is 14.3 Å². The van der Waals surface area contributed by atoms with Crippen molar-refractivity contribution in [1.29, 1.82) is 0 Å². The van der Waals surface area contributed by atoms with Crippen molar-refractivity contribution in [3.63, 3.8) is 0 Å². The molecule has 1 amide bonds. The van der Waals surface area contributed by atoms with Crippen LogP contribution in [0, 0.1) is 5.82 Å². The Morgan fingerprint density at radius 3 is 2.57 bits per heavy atom. The van der Waals surface area contributed by atoms with Crippen molar-refractivity contribution in [2.75, 3.05) is 13.7 Å². The summed E-state index contributed by atoms with van der Waals surface area (Å²) in [6, 6.07) is 10.6. The van der Waals surface area contributed by atoms with Crippen molar-refractivity contribution in [2.45, 2.75) is 12.5 Å². The number of aliphatic hydroxyl groups excluding tert-OH is 1. The molecule has 0 saturated carbocycles. The van der Waals surface area contributed by atoms with E-state index >= 15 is 0 Å². The predicted octanol–water partition coefficient (Wildman–Crippen LogP) is 2.88. The Morgan fingerprint density at radius 2 is 2.00 bits per heavy atom. The topological polar surface area (TPSA) is 58.6 Å². The lowest BCUT2D eigenvalue weighted by Crippen LogP contribution is -2.32. The Kier molecular flexibility index (Phi) is 5.96. The number of carbonyl (C=O) groups excluding carboxylic acids is 1. The highest BCUT2D eigenvalue weighted by molar-refractivity contribution is 6.30. The molecule has 0 aliphatic heterocycles. The maximum Gasteiger partial charge on any atom is 0.224 e. The number of aliphatic hydroxyl groups is 1. The molecular weight excluding hydrogens is 321 g/mol. The number of amides is 1. The molecule has 2 aromatic carbocycles. The molecule has 0 bridgehead atoms. The predicted molar refractivity (Wildman–Crippen MR) is 86.1 cm³/mol. The molecule has 0 aliphatic carbocycles. The van der Waals surface area contributed by atoms with Gasteiger partial charge < -0.3 is 15.2 Å². The molecule has 6 heteroatoms. The number of carbonyl (C=O) groups is 1. The molecule has 1 atom stereocenters. The lowest BCUT2D eigenvalue weighted by Gasteiger charge is -2.17. The van der Waals surface area contributed by atoms with Gasteiger partial charge in [0.05, 0.1) is 31.2 Å². The van der Waals surface area contributed by atoms with Gasteiger partial charge in [0.1, 0.15) is 11.6 Å². The van der Waals surface area contributed by atoms with Crippen LogP contribution >= 0.6 is 11.6 Å². The Balaban J connectivity index is 2.02. The molecule has 0 heterocycles. The number of hydrogen-bond acceptors (Lipinski definition) is 3. The summed E-state index contributed by atoms with van der Waals surface area (Å²) in [5.74, 6) is -0.157. The zero-order chi connectivity index (χ0) is 16.8. The largest absolute Gasteiger partial charge is 0.497 e. The number of ether oxygens (including phenoxy) is 1. The van der Waals surface area contributed by atoms with Crippen LogP contribution in [0.15, 0.2) is 42.5 Å². The van der Waals surface area contributed by atoms with Crippen LogP contribution in [0.5, 0.6) is 5.75 Å². The van der Waals surface area contributed by atoms with Crippen LogP contribution in [0.2, 0.25) is 5.02 Å². The SMILES string of the molecule is COc1ccc(CC(=O)NC(CO)c2ccc(Cl)c(F)c2)cc1. The first-order chi connectivity index (χ1) is 11.0.